The van der Waals surface area contributed by atoms with Crippen molar-refractivity contribution in [2.75, 3.05) is 43.6 Å². The van der Waals surface area contributed by atoms with Crippen LogP contribution in [0, 0.1) is 12.7 Å². The van der Waals surface area contributed by atoms with Gasteiger partial charge in [0.15, 0.2) is 11.9 Å². The fourth-order valence-corrected chi connectivity index (χ4v) is 3.15. The Kier molecular flexibility index (Phi) is 6.71. The van der Waals surface area contributed by atoms with Crippen LogP contribution in [-0.2, 0) is 9.47 Å². The minimum Gasteiger partial charge on any atom is -0.451 e. The number of H-pyrrole nitrogens is 1. The molecule has 170 valence electrons. The summed E-state index contributed by atoms with van der Waals surface area (Å²) in [4.78, 5) is 19.6. The number of anilines is 3. The van der Waals surface area contributed by atoms with Gasteiger partial charge < -0.3 is 24.4 Å². The summed E-state index contributed by atoms with van der Waals surface area (Å²) in [5.74, 6) is 0.852. The van der Waals surface area contributed by atoms with Crippen LogP contribution >= 0.6 is 0 Å². The highest BCUT2D eigenvalue weighted by Crippen LogP contribution is 2.26. The lowest BCUT2D eigenvalue weighted by molar-refractivity contribution is 0.00605. The number of methoxy groups -OCH3 is 1. The maximum Gasteiger partial charge on any atom is 0.323 e. The largest absolute Gasteiger partial charge is 0.451 e. The van der Waals surface area contributed by atoms with E-state index in [2.05, 4.69) is 35.5 Å². The fourth-order valence-electron chi connectivity index (χ4n) is 3.15. The van der Waals surface area contributed by atoms with Crippen LogP contribution in [0.5, 0.6) is 6.01 Å². The molecule has 3 aromatic rings. The molecular weight excluding hydrogens is 419 g/mol. The quantitative estimate of drug-likeness (QED) is 0.534. The van der Waals surface area contributed by atoms with Crippen LogP contribution in [0.1, 0.15) is 24.4 Å². The highest BCUT2D eigenvalue weighted by atomic mass is 19.1. The summed E-state index contributed by atoms with van der Waals surface area (Å²) in [7, 11) is 1.56. The monoisotopic (exact) mass is 444 g/mol. The zero-order valence-corrected chi connectivity index (χ0v) is 18.1. The molecule has 0 bridgehead atoms. The molecule has 1 fully saturated rings. The van der Waals surface area contributed by atoms with Gasteiger partial charge in [-0.1, -0.05) is 0 Å². The standard InChI is InChI=1S/C20H25FN8O3/c1-12-10-16(28-27-12)23-18-24-19(29-6-8-31-9-7-29)26-20(25-18)32-17(13(2)30-3)15-5-4-14(21)11-22-15/h4-5,10-11,13,17H,6-9H2,1-3H3,(H2,23,24,25,26,27,28)/t13-,17?/m0/s1. The minimum absolute atomic E-state index is 0.0799. The van der Waals surface area contributed by atoms with Crippen LogP contribution in [-0.4, -0.2) is 69.7 Å². The molecule has 32 heavy (non-hydrogen) atoms. The van der Waals surface area contributed by atoms with Gasteiger partial charge in [0.25, 0.3) is 0 Å². The summed E-state index contributed by atoms with van der Waals surface area (Å²) in [6, 6.07) is 4.78. The Bertz CT molecular complexity index is 1030. The maximum atomic E-state index is 13.4. The number of morpholine rings is 1. The van der Waals surface area contributed by atoms with Crippen molar-refractivity contribution in [1.29, 1.82) is 0 Å². The van der Waals surface area contributed by atoms with E-state index in [0.717, 1.165) is 11.9 Å². The molecular formula is C20H25FN8O3. The molecule has 4 heterocycles. The van der Waals surface area contributed by atoms with Crippen molar-refractivity contribution >= 4 is 17.7 Å². The predicted octanol–water partition coefficient (Wildman–Crippen LogP) is 2.17. The molecule has 0 aromatic carbocycles. The second kappa shape index (κ2) is 9.83. The van der Waals surface area contributed by atoms with Gasteiger partial charge in [-0.3, -0.25) is 10.1 Å². The molecule has 4 rings (SSSR count). The van der Waals surface area contributed by atoms with E-state index in [0.29, 0.717) is 43.8 Å². The third kappa shape index (κ3) is 5.26. The van der Waals surface area contributed by atoms with Crippen LogP contribution < -0.4 is 15.0 Å². The number of rotatable bonds is 8. The zero-order valence-electron chi connectivity index (χ0n) is 18.1. The molecule has 1 saturated heterocycles. The first-order chi connectivity index (χ1) is 15.5. The maximum absolute atomic E-state index is 13.4. The second-order valence-corrected chi connectivity index (χ2v) is 7.28. The molecule has 2 atom stereocenters. The third-order valence-electron chi connectivity index (χ3n) is 4.92. The molecule has 1 unspecified atom stereocenters. The Morgan fingerprint density at radius 1 is 1.22 bits per heavy atom. The molecule has 1 aliphatic rings. The Hall–Kier alpha value is -3.38. The second-order valence-electron chi connectivity index (χ2n) is 7.28. The lowest BCUT2D eigenvalue weighted by Crippen LogP contribution is -2.37. The van der Waals surface area contributed by atoms with Crippen molar-refractivity contribution in [3.05, 3.63) is 41.6 Å². The van der Waals surface area contributed by atoms with Crippen molar-refractivity contribution in [3.8, 4) is 6.01 Å². The van der Waals surface area contributed by atoms with E-state index in [1.54, 1.807) is 13.2 Å². The first-order valence-corrected chi connectivity index (χ1v) is 10.2. The van der Waals surface area contributed by atoms with Crippen LogP contribution in [0.4, 0.5) is 22.1 Å². The molecule has 12 heteroatoms. The Balaban J connectivity index is 1.66. The summed E-state index contributed by atoms with van der Waals surface area (Å²) in [5.41, 5.74) is 1.38. The molecule has 1 aliphatic heterocycles. The van der Waals surface area contributed by atoms with Crippen molar-refractivity contribution in [1.82, 2.24) is 30.1 Å². The lowest BCUT2D eigenvalue weighted by atomic mass is 10.1. The highest BCUT2D eigenvalue weighted by molar-refractivity contribution is 5.50. The van der Waals surface area contributed by atoms with E-state index < -0.39 is 18.0 Å². The van der Waals surface area contributed by atoms with Crippen molar-refractivity contribution < 1.29 is 18.6 Å². The number of halogens is 1. The minimum atomic E-state index is -0.666. The Morgan fingerprint density at radius 2 is 2.03 bits per heavy atom. The van der Waals surface area contributed by atoms with Crippen molar-refractivity contribution in [3.63, 3.8) is 0 Å². The lowest BCUT2D eigenvalue weighted by Gasteiger charge is -2.27. The predicted molar refractivity (Wildman–Crippen MR) is 114 cm³/mol. The first kappa shape index (κ1) is 21.8. The van der Waals surface area contributed by atoms with Gasteiger partial charge >= 0.3 is 6.01 Å². The number of nitrogens with zero attached hydrogens (tertiary/aromatic N) is 6. The molecule has 11 nitrogen and oxygen atoms in total. The van der Waals surface area contributed by atoms with Gasteiger partial charge in [0, 0.05) is 32.0 Å². The Morgan fingerprint density at radius 3 is 2.69 bits per heavy atom. The fraction of sp³-hybridized carbons (Fsp3) is 0.450. The number of pyridine rings is 1. The van der Waals surface area contributed by atoms with Gasteiger partial charge in [0.05, 0.1) is 31.2 Å². The average Bonchev–Trinajstić information content (AvgIpc) is 3.22. The molecule has 0 radical (unpaired) electrons. The smallest absolute Gasteiger partial charge is 0.323 e. The van der Waals surface area contributed by atoms with Gasteiger partial charge in [0.2, 0.25) is 11.9 Å². The topological polar surface area (TPSA) is 123 Å². The summed E-state index contributed by atoms with van der Waals surface area (Å²) in [6.45, 7) is 6.15. The van der Waals surface area contributed by atoms with Crippen LogP contribution in [0.15, 0.2) is 24.4 Å². The van der Waals surface area contributed by atoms with Gasteiger partial charge in [-0.2, -0.15) is 20.1 Å². The van der Waals surface area contributed by atoms with Gasteiger partial charge in [-0.05, 0) is 26.0 Å². The van der Waals surface area contributed by atoms with Crippen LogP contribution in [0.3, 0.4) is 0 Å². The molecule has 0 saturated carbocycles. The SMILES string of the molecule is CO[C@@H](C)C(Oc1nc(Nc2cc(C)[nH]n2)nc(N2CCOCC2)n1)c1ccc(F)cn1. The van der Waals surface area contributed by atoms with E-state index in [4.69, 9.17) is 14.2 Å². The number of hydrogen-bond donors (Lipinski definition) is 2. The number of hydrogen-bond acceptors (Lipinski definition) is 10. The summed E-state index contributed by atoms with van der Waals surface area (Å²) in [6.07, 6.45) is 0.0658. The molecule has 0 amide bonds. The highest BCUT2D eigenvalue weighted by Gasteiger charge is 2.26. The molecule has 0 aliphatic carbocycles. The van der Waals surface area contributed by atoms with Crippen molar-refractivity contribution in [2.45, 2.75) is 26.1 Å². The average molecular weight is 444 g/mol. The van der Waals surface area contributed by atoms with E-state index in [1.807, 2.05) is 24.8 Å². The van der Waals surface area contributed by atoms with Gasteiger partial charge in [0.1, 0.15) is 5.82 Å². The van der Waals surface area contributed by atoms with Crippen molar-refractivity contribution in [2.24, 2.45) is 0 Å². The van der Waals surface area contributed by atoms with Crippen LogP contribution in [0.2, 0.25) is 0 Å². The number of nitrogens with one attached hydrogen (secondary N) is 2. The number of aryl methyl sites for hydroxylation is 1. The Labute approximate surface area is 184 Å². The third-order valence-corrected chi connectivity index (χ3v) is 4.92. The van der Waals surface area contributed by atoms with E-state index in [-0.39, 0.29) is 12.0 Å². The van der Waals surface area contributed by atoms with E-state index in [1.165, 1.54) is 6.07 Å². The summed E-state index contributed by atoms with van der Waals surface area (Å²) in [5, 5.41) is 10.1. The molecule has 3 aromatic heterocycles. The normalized spacial score (nSPS) is 15.9. The number of ether oxygens (including phenoxy) is 3. The van der Waals surface area contributed by atoms with Gasteiger partial charge in [-0.15, -0.1) is 0 Å². The number of aromatic amines is 1. The van der Waals surface area contributed by atoms with Crippen LogP contribution in [0.25, 0.3) is 0 Å². The van der Waals surface area contributed by atoms with E-state index in [9.17, 15) is 4.39 Å². The first-order valence-electron chi connectivity index (χ1n) is 10.2. The van der Waals surface area contributed by atoms with E-state index >= 15 is 0 Å². The summed E-state index contributed by atoms with van der Waals surface area (Å²) < 4.78 is 30.4. The number of aromatic nitrogens is 6. The zero-order chi connectivity index (χ0) is 22.5. The summed E-state index contributed by atoms with van der Waals surface area (Å²) >= 11 is 0. The molecule has 0 spiro atoms. The molecule has 2 N–H and O–H groups in total. The van der Waals surface area contributed by atoms with Gasteiger partial charge in [-0.25, -0.2) is 4.39 Å².